The minimum atomic E-state index is -0.635. The summed E-state index contributed by atoms with van der Waals surface area (Å²) < 4.78 is 16.4. The molecule has 1 N–H and O–H groups in total. The monoisotopic (exact) mass is 285 g/mol. The van der Waals surface area contributed by atoms with E-state index in [-0.39, 0.29) is 11.8 Å². The number of hydrogen-bond acceptors (Lipinski definition) is 5. The first kappa shape index (κ1) is 15.7. The molecule has 1 aliphatic carbocycles. The lowest BCUT2D eigenvalue weighted by atomic mass is 9.77. The molecule has 0 amide bonds. The van der Waals surface area contributed by atoms with Crippen LogP contribution in [-0.4, -0.2) is 44.2 Å². The summed E-state index contributed by atoms with van der Waals surface area (Å²) >= 11 is 0. The van der Waals surface area contributed by atoms with Gasteiger partial charge in [-0.2, -0.15) is 0 Å². The van der Waals surface area contributed by atoms with E-state index < -0.39 is 5.54 Å². The molecular formula is C15H27NO4. The maximum absolute atomic E-state index is 11.7. The van der Waals surface area contributed by atoms with Gasteiger partial charge >= 0.3 is 5.97 Å². The van der Waals surface area contributed by atoms with Gasteiger partial charge in [0.25, 0.3) is 0 Å². The van der Waals surface area contributed by atoms with Gasteiger partial charge in [-0.1, -0.05) is 6.92 Å². The van der Waals surface area contributed by atoms with Crippen LogP contribution in [0.5, 0.6) is 0 Å². The van der Waals surface area contributed by atoms with Crippen LogP contribution in [0.25, 0.3) is 0 Å². The van der Waals surface area contributed by atoms with Crippen molar-refractivity contribution in [3.63, 3.8) is 0 Å². The summed E-state index contributed by atoms with van der Waals surface area (Å²) in [6.07, 6.45) is 2.95. The van der Waals surface area contributed by atoms with Gasteiger partial charge in [-0.15, -0.1) is 0 Å². The normalized spacial score (nSPS) is 29.6. The molecule has 2 fully saturated rings. The lowest BCUT2D eigenvalue weighted by molar-refractivity contribution is -0.193. The Kier molecular flexibility index (Phi) is 4.72. The molecule has 2 aliphatic rings. The molecule has 0 unspecified atom stereocenters. The molecule has 2 rings (SSSR count). The van der Waals surface area contributed by atoms with Crippen molar-refractivity contribution in [2.45, 2.75) is 51.4 Å². The van der Waals surface area contributed by atoms with Crippen molar-refractivity contribution in [2.24, 2.45) is 11.8 Å². The third kappa shape index (κ3) is 3.32. The quantitative estimate of drug-likeness (QED) is 0.797. The van der Waals surface area contributed by atoms with Crippen molar-refractivity contribution in [1.82, 2.24) is 5.32 Å². The zero-order valence-electron chi connectivity index (χ0n) is 13.0. The van der Waals surface area contributed by atoms with E-state index in [2.05, 4.69) is 12.2 Å². The van der Waals surface area contributed by atoms with Gasteiger partial charge in [0.05, 0.1) is 20.3 Å². The van der Waals surface area contributed by atoms with E-state index >= 15 is 0 Å². The Balaban J connectivity index is 1.84. The number of methoxy groups -OCH3 is 1. The molecule has 1 saturated carbocycles. The van der Waals surface area contributed by atoms with E-state index in [1.54, 1.807) is 0 Å². The van der Waals surface area contributed by atoms with Gasteiger partial charge in [0.1, 0.15) is 5.54 Å². The largest absolute Gasteiger partial charge is 0.468 e. The number of esters is 1. The Morgan fingerprint density at radius 3 is 2.60 bits per heavy atom. The lowest BCUT2D eigenvalue weighted by Crippen LogP contribution is -2.51. The minimum Gasteiger partial charge on any atom is -0.468 e. The molecule has 1 heterocycles. The van der Waals surface area contributed by atoms with Crippen molar-refractivity contribution in [3.8, 4) is 0 Å². The summed E-state index contributed by atoms with van der Waals surface area (Å²) in [4.78, 5) is 11.7. The van der Waals surface area contributed by atoms with Crippen LogP contribution in [0, 0.1) is 11.8 Å². The summed E-state index contributed by atoms with van der Waals surface area (Å²) in [5, 5.41) is 3.33. The Labute approximate surface area is 121 Å². The van der Waals surface area contributed by atoms with Crippen LogP contribution in [-0.2, 0) is 19.0 Å². The van der Waals surface area contributed by atoms with Crippen LogP contribution in [0.2, 0.25) is 0 Å². The highest BCUT2D eigenvalue weighted by Gasteiger charge is 2.43. The number of nitrogens with one attached hydrogen (secondary N) is 1. The molecule has 0 radical (unpaired) electrons. The first-order valence-electron chi connectivity index (χ1n) is 7.50. The van der Waals surface area contributed by atoms with Gasteiger partial charge in [0, 0.05) is 12.8 Å². The van der Waals surface area contributed by atoms with Crippen LogP contribution >= 0.6 is 0 Å². The summed E-state index contributed by atoms with van der Waals surface area (Å²) in [6, 6.07) is 0. The Bertz CT molecular complexity index is 350. The predicted molar refractivity (Wildman–Crippen MR) is 75.2 cm³/mol. The Morgan fingerprint density at radius 2 is 2.05 bits per heavy atom. The molecule has 20 heavy (non-hydrogen) atoms. The maximum atomic E-state index is 11.7. The van der Waals surface area contributed by atoms with Crippen molar-refractivity contribution in [1.29, 1.82) is 0 Å². The fraction of sp³-hybridized carbons (Fsp3) is 0.933. The van der Waals surface area contributed by atoms with Gasteiger partial charge < -0.3 is 19.5 Å². The van der Waals surface area contributed by atoms with Crippen molar-refractivity contribution < 1.29 is 19.0 Å². The van der Waals surface area contributed by atoms with Crippen molar-refractivity contribution in [3.05, 3.63) is 0 Å². The van der Waals surface area contributed by atoms with E-state index in [0.717, 1.165) is 25.8 Å². The molecule has 2 atom stereocenters. The van der Waals surface area contributed by atoms with Crippen LogP contribution in [0.4, 0.5) is 0 Å². The molecule has 116 valence electrons. The van der Waals surface area contributed by atoms with Crippen molar-refractivity contribution in [2.75, 3.05) is 26.9 Å². The second-order valence-electron chi connectivity index (χ2n) is 6.59. The summed E-state index contributed by atoms with van der Waals surface area (Å²) in [7, 11) is 1.42. The van der Waals surface area contributed by atoms with Gasteiger partial charge in [-0.25, -0.2) is 0 Å². The third-order valence-corrected chi connectivity index (χ3v) is 4.65. The summed E-state index contributed by atoms with van der Waals surface area (Å²) in [5.41, 5.74) is -0.635. The minimum absolute atomic E-state index is 0.222. The first-order valence-corrected chi connectivity index (χ1v) is 7.50. The van der Waals surface area contributed by atoms with Crippen LogP contribution in [0.3, 0.4) is 0 Å². The fourth-order valence-electron chi connectivity index (χ4n) is 3.23. The zero-order chi connectivity index (χ0) is 14.8. The molecule has 0 aromatic rings. The number of carbonyl (C=O) groups is 1. The number of hydrogen-bond donors (Lipinski definition) is 1. The number of rotatable bonds is 4. The van der Waals surface area contributed by atoms with Gasteiger partial charge in [0.15, 0.2) is 5.79 Å². The van der Waals surface area contributed by atoms with Gasteiger partial charge in [-0.05, 0) is 38.6 Å². The van der Waals surface area contributed by atoms with E-state index in [0.29, 0.717) is 25.0 Å². The Hall–Kier alpha value is -0.650. The average Bonchev–Trinajstić information content (AvgIpc) is 2.85. The Morgan fingerprint density at radius 1 is 1.40 bits per heavy atom. The van der Waals surface area contributed by atoms with E-state index in [4.69, 9.17) is 14.2 Å². The van der Waals surface area contributed by atoms with Gasteiger partial charge in [0.2, 0.25) is 0 Å². The molecule has 0 aromatic carbocycles. The third-order valence-electron chi connectivity index (χ3n) is 4.65. The molecule has 1 saturated heterocycles. The number of carbonyl (C=O) groups excluding carboxylic acids is 1. The molecular weight excluding hydrogens is 258 g/mol. The second-order valence-corrected chi connectivity index (χ2v) is 6.59. The molecule has 1 aliphatic heterocycles. The predicted octanol–water partition coefficient (Wildman–Crippen LogP) is 1.71. The van der Waals surface area contributed by atoms with Crippen LogP contribution in [0.15, 0.2) is 0 Å². The topological polar surface area (TPSA) is 56.8 Å². The zero-order valence-corrected chi connectivity index (χ0v) is 13.0. The second kappa shape index (κ2) is 6.00. The number of ether oxygens (including phenoxy) is 3. The molecule has 0 aromatic heterocycles. The first-order chi connectivity index (χ1) is 9.38. The van der Waals surface area contributed by atoms with E-state index in [1.807, 2.05) is 13.8 Å². The highest BCUT2D eigenvalue weighted by Crippen LogP contribution is 2.41. The van der Waals surface area contributed by atoms with E-state index in [1.165, 1.54) is 7.11 Å². The molecule has 1 spiro atoms. The van der Waals surface area contributed by atoms with Crippen LogP contribution < -0.4 is 5.32 Å². The maximum Gasteiger partial charge on any atom is 0.325 e. The van der Waals surface area contributed by atoms with Crippen LogP contribution in [0.1, 0.15) is 40.0 Å². The highest BCUT2D eigenvalue weighted by molar-refractivity contribution is 5.79. The summed E-state index contributed by atoms with van der Waals surface area (Å²) in [6.45, 7) is 8.20. The lowest BCUT2D eigenvalue weighted by Gasteiger charge is -2.40. The molecule has 5 heteroatoms. The SMILES string of the molecule is COC(=O)C(C)(C)NC[C@H]1CCC2(C[C@H]1C)OCCO2. The molecule has 5 nitrogen and oxygen atoms in total. The van der Waals surface area contributed by atoms with E-state index in [9.17, 15) is 4.79 Å². The van der Waals surface area contributed by atoms with Crippen molar-refractivity contribution >= 4 is 5.97 Å². The fourth-order valence-corrected chi connectivity index (χ4v) is 3.23. The molecule has 0 bridgehead atoms. The average molecular weight is 285 g/mol. The smallest absolute Gasteiger partial charge is 0.325 e. The summed E-state index contributed by atoms with van der Waals surface area (Å²) in [5.74, 6) is 0.508. The standard InChI is InChI=1S/C15H27NO4/c1-11-9-15(19-7-8-20-15)6-5-12(11)10-16-14(2,3)13(17)18-4/h11-12,16H,5-10H2,1-4H3/t11-,12-/m1/s1. The van der Waals surface area contributed by atoms with Gasteiger partial charge in [-0.3, -0.25) is 4.79 Å². The highest BCUT2D eigenvalue weighted by atomic mass is 16.7.